The maximum atomic E-state index is 2.38. The van der Waals surface area contributed by atoms with Gasteiger partial charge in [-0.25, -0.2) is 0 Å². The van der Waals surface area contributed by atoms with E-state index in [0.29, 0.717) is 0 Å². The van der Waals surface area contributed by atoms with Gasteiger partial charge in [0, 0.05) is 0 Å². The number of rotatable bonds is 0. The van der Waals surface area contributed by atoms with Gasteiger partial charge in [0.15, 0.2) is 0 Å². The van der Waals surface area contributed by atoms with E-state index in [9.17, 15) is 0 Å². The third-order valence-corrected chi connectivity index (χ3v) is 0. The first-order chi connectivity index (χ1) is 2.00. The summed E-state index contributed by atoms with van der Waals surface area (Å²) in [4.78, 5) is 0. The van der Waals surface area contributed by atoms with Crippen molar-refractivity contribution in [1.29, 1.82) is 0 Å². The summed E-state index contributed by atoms with van der Waals surface area (Å²) in [5, 5.41) is 0. The van der Waals surface area contributed by atoms with Crippen molar-refractivity contribution in [3.63, 3.8) is 0 Å². The summed E-state index contributed by atoms with van der Waals surface area (Å²) in [6, 6.07) is 0. The SMILES string of the molecule is C[Si](C)(C)[Ca]. The van der Waals surface area contributed by atoms with Crippen LogP contribution in [0.5, 0.6) is 0 Å². The average molecular weight is 113 g/mol. The fourth-order valence-corrected chi connectivity index (χ4v) is 0. The maximum absolute atomic E-state index is 2.38. The quantitative estimate of drug-likeness (QED) is 0.411. The molecule has 0 saturated carbocycles. The van der Waals surface area contributed by atoms with Crippen LogP contribution in [-0.2, 0) is 0 Å². The third-order valence-electron chi connectivity index (χ3n) is 0. The predicted octanol–water partition coefficient (Wildman–Crippen LogP) is 0.990. The van der Waals surface area contributed by atoms with Crippen LogP contribution in [0.25, 0.3) is 0 Å². The standard InChI is InChI=1S/C3H9Si.Ca/c1-4(2)3;/h1-3H3;. The Morgan fingerprint density at radius 3 is 1.20 bits per heavy atom. The van der Waals surface area contributed by atoms with Crippen LogP contribution in [0.3, 0.4) is 0 Å². The molecule has 0 fully saturated rings. The van der Waals surface area contributed by atoms with Gasteiger partial charge in [0.25, 0.3) is 0 Å². The molecular formula is C3H9CaSi. The molecule has 0 nitrogen and oxygen atoms in total. The molecule has 27 valence electrons. The summed E-state index contributed by atoms with van der Waals surface area (Å²) in [6.45, 7) is 7.15. The van der Waals surface area contributed by atoms with E-state index in [1.54, 1.807) is 0 Å². The molecule has 0 heterocycles. The zero-order valence-electron chi connectivity index (χ0n) is 4.21. The molecule has 0 aromatic rings. The molecule has 0 rings (SSSR count). The summed E-state index contributed by atoms with van der Waals surface area (Å²) in [5.41, 5.74) is 0. The van der Waals surface area contributed by atoms with Crippen LogP contribution in [0.1, 0.15) is 0 Å². The van der Waals surface area contributed by atoms with Gasteiger partial charge < -0.3 is 0 Å². The second-order valence-electron chi connectivity index (χ2n) is 2.56. The van der Waals surface area contributed by atoms with Crippen molar-refractivity contribution >= 4 is 37.9 Å². The van der Waals surface area contributed by atoms with E-state index < -0.39 is 3.21 Å². The zero-order valence-corrected chi connectivity index (χ0v) is 7.42. The Balaban J connectivity index is 3.02. The topological polar surface area (TPSA) is 0 Å². The average Bonchev–Trinajstić information content (AvgIpc) is 0.722. The van der Waals surface area contributed by atoms with Gasteiger partial charge in [0.05, 0.1) is 0 Å². The van der Waals surface area contributed by atoms with Crippen LogP contribution in [-0.4, -0.2) is 37.9 Å². The molecule has 0 aliphatic heterocycles. The number of hydrogen-bond acceptors (Lipinski definition) is 0. The summed E-state index contributed by atoms with van der Waals surface area (Å²) in [7, 11) is 0. The minimum atomic E-state index is -0.486. The van der Waals surface area contributed by atoms with Crippen molar-refractivity contribution in [2.24, 2.45) is 0 Å². The first-order valence-corrected chi connectivity index (χ1v) is 8.87. The molecule has 0 bridgehead atoms. The molecule has 0 atom stereocenters. The van der Waals surface area contributed by atoms with Gasteiger partial charge >= 0.3 is 57.6 Å². The Morgan fingerprint density at radius 2 is 1.20 bits per heavy atom. The van der Waals surface area contributed by atoms with Crippen molar-refractivity contribution in [2.45, 2.75) is 19.6 Å². The van der Waals surface area contributed by atoms with Gasteiger partial charge in [-0.2, -0.15) is 0 Å². The summed E-state index contributed by atoms with van der Waals surface area (Å²) in [6.07, 6.45) is 0. The predicted molar refractivity (Wildman–Crippen MR) is 29.1 cm³/mol. The van der Waals surface area contributed by atoms with Crippen molar-refractivity contribution in [3.8, 4) is 0 Å². The van der Waals surface area contributed by atoms with Gasteiger partial charge in [0.1, 0.15) is 0 Å². The normalized spacial score (nSPS) is 11.6. The van der Waals surface area contributed by atoms with E-state index in [-0.39, 0.29) is 0 Å². The summed E-state index contributed by atoms with van der Waals surface area (Å²) in [5.74, 6) is 0. The van der Waals surface area contributed by atoms with Crippen LogP contribution in [0, 0.1) is 0 Å². The Kier molecular flexibility index (Phi) is 2.54. The van der Waals surface area contributed by atoms with Crippen LogP contribution >= 0.6 is 0 Å². The molecular weight excluding hydrogens is 104 g/mol. The van der Waals surface area contributed by atoms with Crippen molar-refractivity contribution in [2.75, 3.05) is 0 Å². The van der Waals surface area contributed by atoms with Gasteiger partial charge in [0.2, 0.25) is 0 Å². The molecule has 2 heteroatoms. The molecule has 0 saturated heterocycles. The zero-order chi connectivity index (χ0) is 4.50. The van der Waals surface area contributed by atoms with Gasteiger partial charge in [-0.15, -0.1) is 0 Å². The molecule has 0 amide bonds. The van der Waals surface area contributed by atoms with Crippen LogP contribution in [0.15, 0.2) is 0 Å². The number of hydrogen-bond donors (Lipinski definition) is 0. The molecule has 0 aromatic heterocycles. The van der Waals surface area contributed by atoms with Crippen LogP contribution in [0.2, 0.25) is 19.6 Å². The Labute approximate surface area is 57.0 Å². The third kappa shape index (κ3) is 30.4. The second kappa shape index (κ2) is 1.96. The molecule has 0 aliphatic rings. The Bertz CT molecular complexity index is 22.4. The van der Waals surface area contributed by atoms with E-state index in [2.05, 4.69) is 19.6 Å². The van der Waals surface area contributed by atoms with Crippen molar-refractivity contribution in [3.05, 3.63) is 0 Å². The molecule has 0 aromatic carbocycles. The van der Waals surface area contributed by atoms with Crippen LogP contribution in [0.4, 0.5) is 0 Å². The van der Waals surface area contributed by atoms with Crippen LogP contribution < -0.4 is 0 Å². The van der Waals surface area contributed by atoms with Gasteiger partial charge in [-0.1, -0.05) is 0 Å². The molecule has 0 spiro atoms. The van der Waals surface area contributed by atoms with E-state index in [1.807, 2.05) is 0 Å². The van der Waals surface area contributed by atoms with Crippen molar-refractivity contribution in [1.82, 2.24) is 0 Å². The van der Waals surface area contributed by atoms with Gasteiger partial charge in [-0.3, -0.25) is 0 Å². The molecule has 0 N–H and O–H groups in total. The minimum absolute atomic E-state index is 0.486. The van der Waals surface area contributed by atoms with E-state index in [0.717, 1.165) is 0 Å². The van der Waals surface area contributed by atoms with E-state index in [4.69, 9.17) is 0 Å². The van der Waals surface area contributed by atoms with E-state index >= 15 is 0 Å². The van der Waals surface area contributed by atoms with E-state index in [1.165, 1.54) is 34.7 Å². The molecule has 0 unspecified atom stereocenters. The molecule has 0 aliphatic carbocycles. The summed E-state index contributed by atoms with van der Waals surface area (Å²) >= 11 is 1.53. The Hall–Kier alpha value is 1.48. The Morgan fingerprint density at radius 1 is 1.20 bits per heavy atom. The first kappa shape index (κ1) is 6.48. The fraction of sp³-hybridized carbons (Fsp3) is 1.00. The summed E-state index contributed by atoms with van der Waals surface area (Å²) < 4.78 is -0.486. The monoisotopic (exact) mass is 113 g/mol. The van der Waals surface area contributed by atoms with Gasteiger partial charge in [-0.05, 0) is 0 Å². The van der Waals surface area contributed by atoms with Crippen molar-refractivity contribution < 1.29 is 0 Å². The second-order valence-corrected chi connectivity index (χ2v) is 17.6. The molecule has 5 heavy (non-hydrogen) atoms. The first-order valence-electron chi connectivity index (χ1n) is 1.85. The fourth-order valence-electron chi connectivity index (χ4n) is 0. The molecule has 1 radical (unpaired) electrons.